The number of carbonyl (C=O) groups is 2. The van der Waals surface area contributed by atoms with Crippen LogP contribution in [0.25, 0.3) is 0 Å². The molecule has 0 atom stereocenters. The van der Waals surface area contributed by atoms with Crippen molar-refractivity contribution in [1.29, 1.82) is 0 Å². The quantitative estimate of drug-likeness (QED) is 0.864. The van der Waals surface area contributed by atoms with E-state index in [1.54, 1.807) is 24.3 Å². The second-order valence-corrected chi connectivity index (χ2v) is 7.17. The number of nitrogens with zero attached hydrogens (tertiary/aromatic N) is 2. The smallest absolute Gasteiger partial charge is 0.257 e. The van der Waals surface area contributed by atoms with Crippen molar-refractivity contribution in [2.45, 2.75) is 19.8 Å². The van der Waals surface area contributed by atoms with Crippen LogP contribution in [0.5, 0.6) is 5.75 Å². The van der Waals surface area contributed by atoms with Crippen LogP contribution in [0.2, 0.25) is 5.02 Å². The standard InChI is InChI=1S/C20H22ClN3O3/c1-13-5-7-24(8-6-13)20(26)15-9-14(11-22-12-15)19(25)23-17-10-16(21)3-4-18(17)27-2/h3-4,9-13H,5-8H2,1-2H3,(H,23,25). The molecule has 1 saturated heterocycles. The minimum Gasteiger partial charge on any atom is -0.495 e. The summed E-state index contributed by atoms with van der Waals surface area (Å²) in [5.41, 5.74) is 1.17. The Morgan fingerprint density at radius 3 is 2.59 bits per heavy atom. The SMILES string of the molecule is COc1ccc(Cl)cc1NC(=O)c1cncc(C(=O)N2CCC(C)CC2)c1. The minimum absolute atomic E-state index is 0.0932. The van der Waals surface area contributed by atoms with Crippen molar-refractivity contribution in [3.8, 4) is 5.75 Å². The van der Waals surface area contributed by atoms with Gasteiger partial charge in [0.25, 0.3) is 11.8 Å². The number of nitrogens with one attached hydrogen (secondary N) is 1. The van der Waals surface area contributed by atoms with E-state index in [9.17, 15) is 9.59 Å². The number of likely N-dealkylation sites (tertiary alicyclic amines) is 1. The van der Waals surface area contributed by atoms with Crippen molar-refractivity contribution in [3.05, 3.63) is 52.8 Å². The molecule has 27 heavy (non-hydrogen) atoms. The fraction of sp³-hybridized carbons (Fsp3) is 0.350. The molecule has 142 valence electrons. The molecule has 7 heteroatoms. The highest BCUT2D eigenvalue weighted by atomic mass is 35.5. The first-order chi connectivity index (χ1) is 13.0. The number of amides is 2. The Bertz CT molecular complexity index is 848. The number of piperidine rings is 1. The monoisotopic (exact) mass is 387 g/mol. The fourth-order valence-corrected chi connectivity index (χ4v) is 3.22. The predicted octanol–water partition coefficient (Wildman–Crippen LogP) is 3.87. The number of anilines is 1. The third kappa shape index (κ3) is 4.57. The zero-order valence-corrected chi connectivity index (χ0v) is 16.1. The van der Waals surface area contributed by atoms with Gasteiger partial charge in [0.2, 0.25) is 0 Å². The van der Waals surface area contributed by atoms with Crippen molar-refractivity contribution in [2.24, 2.45) is 5.92 Å². The number of hydrogen-bond donors (Lipinski definition) is 1. The molecule has 1 fully saturated rings. The molecule has 0 radical (unpaired) electrons. The lowest BCUT2D eigenvalue weighted by Gasteiger charge is -2.30. The van der Waals surface area contributed by atoms with Crippen molar-refractivity contribution in [3.63, 3.8) is 0 Å². The Kier molecular flexibility index (Phi) is 5.96. The van der Waals surface area contributed by atoms with E-state index in [4.69, 9.17) is 16.3 Å². The van der Waals surface area contributed by atoms with Crippen molar-refractivity contribution >= 4 is 29.1 Å². The average molecular weight is 388 g/mol. The molecule has 0 saturated carbocycles. The number of methoxy groups -OCH3 is 1. The third-order valence-corrected chi connectivity index (χ3v) is 4.96. The van der Waals surface area contributed by atoms with Gasteiger partial charge in [-0.15, -0.1) is 0 Å². The lowest BCUT2D eigenvalue weighted by Crippen LogP contribution is -2.38. The number of pyridine rings is 1. The lowest BCUT2D eigenvalue weighted by atomic mass is 9.98. The summed E-state index contributed by atoms with van der Waals surface area (Å²) in [5.74, 6) is 0.654. The van der Waals surface area contributed by atoms with E-state index in [0.29, 0.717) is 33.5 Å². The first-order valence-electron chi connectivity index (χ1n) is 8.87. The van der Waals surface area contributed by atoms with Crippen LogP contribution in [-0.2, 0) is 0 Å². The number of benzene rings is 1. The van der Waals surface area contributed by atoms with E-state index in [1.807, 2.05) is 4.90 Å². The van der Waals surface area contributed by atoms with Crippen LogP contribution in [0.1, 0.15) is 40.5 Å². The first-order valence-corrected chi connectivity index (χ1v) is 9.25. The minimum atomic E-state index is -0.384. The van der Waals surface area contributed by atoms with Crippen LogP contribution < -0.4 is 10.1 Å². The van der Waals surface area contributed by atoms with Gasteiger partial charge in [-0.25, -0.2) is 0 Å². The number of rotatable bonds is 4. The van der Waals surface area contributed by atoms with Gasteiger partial charge in [0.1, 0.15) is 5.75 Å². The molecule has 1 aliphatic heterocycles. The van der Waals surface area contributed by atoms with Gasteiger partial charge in [-0.05, 0) is 43.0 Å². The van der Waals surface area contributed by atoms with Crippen LogP contribution in [0, 0.1) is 5.92 Å². The number of halogens is 1. The fourth-order valence-electron chi connectivity index (χ4n) is 3.05. The Balaban J connectivity index is 1.76. The Hall–Kier alpha value is -2.60. The molecule has 2 aromatic rings. The van der Waals surface area contributed by atoms with Crippen LogP contribution in [-0.4, -0.2) is 41.9 Å². The second kappa shape index (κ2) is 8.39. The zero-order chi connectivity index (χ0) is 19.4. The number of carbonyl (C=O) groups excluding carboxylic acids is 2. The van der Waals surface area contributed by atoms with Gasteiger partial charge >= 0.3 is 0 Å². The first kappa shape index (κ1) is 19.2. The molecular weight excluding hydrogens is 366 g/mol. The van der Waals surface area contributed by atoms with Gasteiger partial charge in [0.15, 0.2) is 0 Å². The molecule has 0 spiro atoms. The van der Waals surface area contributed by atoms with Gasteiger partial charge in [-0.2, -0.15) is 0 Å². The van der Waals surface area contributed by atoms with Crippen LogP contribution in [0.3, 0.4) is 0 Å². The number of hydrogen-bond acceptors (Lipinski definition) is 4. The van der Waals surface area contributed by atoms with Crippen molar-refractivity contribution < 1.29 is 14.3 Å². The Morgan fingerprint density at radius 1 is 1.19 bits per heavy atom. The molecule has 0 bridgehead atoms. The highest BCUT2D eigenvalue weighted by Crippen LogP contribution is 2.28. The van der Waals surface area contributed by atoms with Crippen LogP contribution >= 0.6 is 11.6 Å². The van der Waals surface area contributed by atoms with Gasteiger partial charge < -0.3 is 15.0 Å². The average Bonchev–Trinajstić information content (AvgIpc) is 2.68. The van der Waals surface area contributed by atoms with E-state index in [2.05, 4.69) is 17.2 Å². The zero-order valence-electron chi connectivity index (χ0n) is 15.4. The largest absolute Gasteiger partial charge is 0.495 e. The summed E-state index contributed by atoms with van der Waals surface area (Å²) in [5, 5.41) is 3.24. The maximum absolute atomic E-state index is 12.7. The van der Waals surface area contributed by atoms with E-state index < -0.39 is 0 Å². The van der Waals surface area contributed by atoms with E-state index in [-0.39, 0.29) is 11.8 Å². The molecule has 1 aromatic carbocycles. The third-order valence-electron chi connectivity index (χ3n) is 4.73. The molecule has 2 amide bonds. The van der Waals surface area contributed by atoms with Crippen molar-refractivity contribution in [1.82, 2.24) is 9.88 Å². The highest BCUT2D eigenvalue weighted by molar-refractivity contribution is 6.31. The van der Waals surface area contributed by atoms with Crippen LogP contribution in [0.15, 0.2) is 36.7 Å². The topological polar surface area (TPSA) is 71.5 Å². The van der Waals surface area contributed by atoms with Gasteiger partial charge in [-0.3, -0.25) is 14.6 Å². The van der Waals surface area contributed by atoms with E-state index >= 15 is 0 Å². The molecule has 0 aliphatic carbocycles. The maximum atomic E-state index is 12.7. The molecule has 3 rings (SSSR count). The normalized spacial score (nSPS) is 14.7. The summed E-state index contributed by atoms with van der Waals surface area (Å²) in [6, 6.07) is 6.53. The second-order valence-electron chi connectivity index (χ2n) is 6.74. The molecular formula is C20H22ClN3O3. The van der Waals surface area contributed by atoms with E-state index in [1.165, 1.54) is 19.5 Å². The van der Waals surface area contributed by atoms with Gasteiger partial charge in [0.05, 0.1) is 23.9 Å². The van der Waals surface area contributed by atoms with Gasteiger partial charge in [-0.1, -0.05) is 18.5 Å². The summed E-state index contributed by atoms with van der Waals surface area (Å²) in [6.45, 7) is 3.66. The Labute approximate surface area is 163 Å². The molecule has 1 aromatic heterocycles. The molecule has 2 heterocycles. The molecule has 1 aliphatic rings. The molecule has 1 N–H and O–H groups in total. The van der Waals surface area contributed by atoms with Crippen molar-refractivity contribution in [2.75, 3.05) is 25.5 Å². The molecule has 6 nitrogen and oxygen atoms in total. The predicted molar refractivity (Wildman–Crippen MR) is 104 cm³/mol. The Morgan fingerprint density at radius 2 is 1.89 bits per heavy atom. The summed E-state index contributed by atoms with van der Waals surface area (Å²) >= 11 is 6.00. The number of ether oxygens (including phenoxy) is 1. The summed E-state index contributed by atoms with van der Waals surface area (Å²) in [4.78, 5) is 31.2. The highest BCUT2D eigenvalue weighted by Gasteiger charge is 2.22. The van der Waals surface area contributed by atoms with E-state index in [0.717, 1.165) is 25.9 Å². The van der Waals surface area contributed by atoms with Gasteiger partial charge in [0, 0.05) is 30.5 Å². The number of aromatic nitrogens is 1. The summed E-state index contributed by atoms with van der Waals surface area (Å²) < 4.78 is 5.24. The maximum Gasteiger partial charge on any atom is 0.257 e. The molecule has 0 unspecified atom stereocenters. The lowest BCUT2D eigenvalue weighted by molar-refractivity contribution is 0.0697. The summed E-state index contributed by atoms with van der Waals surface area (Å²) in [6.07, 6.45) is 4.92. The van der Waals surface area contributed by atoms with Crippen LogP contribution in [0.4, 0.5) is 5.69 Å². The summed E-state index contributed by atoms with van der Waals surface area (Å²) in [7, 11) is 1.51.